The molecule has 0 radical (unpaired) electrons. The van der Waals surface area contributed by atoms with Gasteiger partial charge >= 0.3 is 18.8 Å². The third-order valence-electron chi connectivity index (χ3n) is 0.531. The SMILES string of the molecule is CF.FC(F)(F)COCC(F)(F)F.FC(F)(F)F.FCF. The predicted molar refractivity (Wildman–Crippen MR) is 44.2 cm³/mol. The van der Waals surface area contributed by atoms with Crippen LogP contribution in [0.5, 0.6) is 0 Å². The first-order valence-corrected chi connectivity index (χ1v) is 4.09. The van der Waals surface area contributed by atoms with Gasteiger partial charge < -0.3 is 4.74 Å². The second-order valence-electron chi connectivity index (χ2n) is 2.25. The zero-order chi connectivity index (χ0) is 18.3. The minimum Gasteiger partial charge on any atom is -0.363 e. The van der Waals surface area contributed by atoms with Crippen LogP contribution in [0.3, 0.4) is 0 Å². The lowest BCUT2D eigenvalue weighted by Gasteiger charge is -2.09. The fourth-order valence-corrected chi connectivity index (χ4v) is 0.282. The Labute approximate surface area is 109 Å². The molecule has 0 spiro atoms. The molecule has 0 aromatic carbocycles. The Kier molecular flexibility index (Phi) is 18.8. The summed E-state index contributed by atoms with van der Waals surface area (Å²) in [6, 6.07) is 0. The molecule has 0 N–H and O–H groups in total. The largest absolute Gasteiger partial charge is 0.559 e. The summed E-state index contributed by atoms with van der Waals surface area (Å²) >= 11 is 0. The van der Waals surface area contributed by atoms with E-state index >= 15 is 0 Å². The van der Waals surface area contributed by atoms with Crippen LogP contribution in [-0.4, -0.2) is 46.1 Å². The minimum absolute atomic E-state index is 0.500. The van der Waals surface area contributed by atoms with E-state index in [2.05, 4.69) is 4.74 Å². The first-order chi connectivity index (χ1) is 9.12. The van der Waals surface area contributed by atoms with Crippen molar-refractivity contribution in [1.29, 1.82) is 0 Å². The number of ether oxygens (including phenoxy) is 1. The van der Waals surface area contributed by atoms with Crippen LogP contribution in [0.25, 0.3) is 0 Å². The predicted octanol–water partition coefficient (Wildman–Crippen LogP) is 5.07. The van der Waals surface area contributed by atoms with Crippen LogP contribution in [0.2, 0.25) is 0 Å². The first-order valence-electron chi connectivity index (χ1n) is 4.09. The van der Waals surface area contributed by atoms with Gasteiger partial charge in [-0.05, 0) is 0 Å². The summed E-state index contributed by atoms with van der Waals surface area (Å²) in [6.07, 6.45) is -14.9. The summed E-state index contributed by atoms with van der Waals surface area (Å²) < 4.78 is 138. The quantitative estimate of drug-likeness (QED) is 0.628. The van der Waals surface area contributed by atoms with Gasteiger partial charge in [-0.2, -0.15) is 26.3 Å². The summed E-state index contributed by atoms with van der Waals surface area (Å²) in [5.74, 6) is 0. The zero-order valence-corrected chi connectivity index (χ0v) is 9.94. The molecular weight excluding hydrogens is 347 g/mol. The Hall–Kier alpha value is -0.950. The van der Waals surface area contributed by atoms with Gasteiger partial charge in [-0.3, -0.25) is 4.39 Å². The highest BCUT2D eigenvalue weighted by molar-refractivity contribution is 4.49. The summed E-state index contributed by atoms with van der Waals surface area (Å²) in [7, 11) is 0.500. The molecule has 0 saturated heterocycles. The molecule has 21 heavy (non-hydrogen) atoms. The highest BCUT2D eigenvalue weighted by Crippen LogP contribution is 2.18. The maximum atomic E-state index is 11.1. The average molecular weight is 356 g/mol. The number of rotatable bonds is 2. The van der Waals surface area contributed by atoms with Gasteiger partial charge in [-0.1, -0.05) is 0 Å². The summed E-state index contributed by atoms with van der Waals surface area (Å²) in [5, 5.41) is 0. The monoisotopic (exact) mass is 356 g/mol. The number of halogens is 13. The molecule has 0 aliphatic rings. The summed E-state index contributed by atoms with van der Waals surface area (Å²) in [4.78, 5) is 0. The van der Waals surface area contributed by atoms with E-state index in [0.717, 1.165) is 0 Å². The molecule has 0 heterocycles. The minimum atomic E-state index is -5.50. The first kappa shape index (κ1) is 28.2. The maximum absolute atomic E-state index is 11.1. The smallest absolute Gasteiger partial charge is 0.363 e. The molecule has 14 heteroatoms. The number of alkyl halides is 13. The van der Waals surface area contributed by atoms with E-state index in [1.54, 1.807) is 0 Å². The van der Waals surface area contributed by atoms with Crippen LogP contribution in [0.4, 0.5) is 57.1 Å². The van der Waals surface area contributed by atoms with E-state index in [9.17, 15) is 57.1 Å². The van der Waals surface area contributed by atoms with Crippen LogP contribution in [0, 0.1) is 0 Å². The van der Waals surface area contributed by atoms with E-state index in [-0.39, 0.29) is 0 Å². The number of hydrogen-bond donors (Lipinski definition) is 0. The molecular formula is C7H9F13O. The molecule has 0 rings (SSSR count). The highest BCUT2D eigenvalue weighted by atomic mass is 19.5. The van der Waals surface area contributed by atoms with Gasteiger partial charge in [0.2, 0.25) is 6.93 Å². The van der Waals surface area contributed by atoms with E-state index in [1.165, 1.54) is 0 Å². The lowest BCUT2D eigenvalue weighted by atomic mass is 10.6. The highest BCUT2D eigenvalue weighted by Gasteiger charge is 2.32. The fraction of sp³-hybridized carbons (Fsp3) is 1.00. The van der Waals surface area contributed by atoms with Gasteiger partial charge in [0, 0.05) is 0 Å². The Morgan fingerprint density at radius 3 is 0.857 bits per heavy atom. The molecule has 0 unspecified atom stereocenters. The van der Waals surface area contributed by atoms with Crippen molar-refractivity contribution in [2.24, 2.45) is 0 Å². The molecule has 0 fully saturated rings. The van der Waals surface area contributed by atoms with Crippen LogP contribution >= 0.6 is 0 Å². The van der Waals surface area contributed by atoms with E-state index < -0.39 is 38.9 Å². The molecule has 0 aliphatic heterocycles. The van der Waals surface area contributed by atoms with Gasteiger partial charge in [0.15, 0.2) is 0 Å². The number of hydrogen-bond acceptors (Lipinski definition) is 1. The second kappa shape index (κ2) is 14.0. The molecule has 0 atom stereocenters. The van der Waals surface area contributed by atoms with Gasteiger partial charge in [0.25, 0.3) is 0 Å². The third kappa shape index (κ3) is 111. The Balaban J connectivity index is -0.000000120. The molecule has 0 amide bonds. The lowest BCUT2D eigenvalue weighted by molar-refractivity contribution is -0.237. The standard InChI is InChI=1S/C4H4F6O.CF4.CH2F2.CH3F/c5-3(6,7)1-11-2-4(8,9)10;2-1(3,4)5;2-1-3;1-2/h1-2H2;;1H2;1H3. The van der Waals surface area contributed by atoms with Crippen LogP contribution < -0.4 is 0 Å². The van der Waals surface area contributed by atoms with Crippen LogP contribution in [-0.2, 0) is 4.74 Å². The van der Waals surface area contributed by atoms with Crippen molar-refractivity contribution in [3.05, 3.63) is 0 Å². The van der Waals surface area contributed by atoms with Gasteiger partial charge in [0.1, 0.15) is 13.2 Å². The molecule has 134 valence electrons. The normalized spacial score (nSPS) is 11.1. The van der Waals surface area contributed by atoms with Crippen molar-refractivity contribution in [2.75, 3.05) is 27.3 Å². The lowest BCUT2D eigenvalue weighted by Crippen LogP contribution is -2.23. The second-order valence-corrected chi connectivity index (χ2v) is 2.25. The molecule has 0 aliphatic carbocycles. The molecule has 1 nitrogen and oxygen atoms in total. The Bertz CT molecular complexity index is 172. The topological polar surface area (TPSA) is 9.23 Å². The summed E-state index contributed by atoms with van der Waals surface area (Å²) in [5.41, 5.74) is 0. The van der Waals surface area contributed by atoms with Gasteiger partial charge in [-0.25, -0.2) is 8.78 Å². The van der Waals surface area contributed by atoms with Crippen molar-refractivity contribution >= 4 is 0 Å². The summed E-state index contributed by atoms with van der Waals surface area (Å²) in [6.45, 7) is -5.49. The zero-order valence-electron chi connectivity index (χ0n) is 9.94. The molecule has 0 bridgehead atoms. The van der Waals surface area contributed by atoms with E-state index in [0.29, 0.717) is 7.18 Å². The van der Waals surface area contributed by atoms with Crippen molar-refractivity contribution in [3.8, 4) is 0 Å². The van der Waals surface area contributed by atoms with Gasteiger partial charge in [0.05, 0.1) is 7.18 Å². The van der Waals surface area contributed by atoms with E-state index in [4.69, 9.17) is 0 Å². The average Bonchev–Trinajstić information content (AvgIpc) is 2.14. The van der Waals surface area contributed by atoms with Crippen LogP contribution in [0.1, 0.15) is 0 Å². The van der Waals surface area contributed by atoms with Crippen molar-refractivity contribution in [1.82, 2.24) is 0 Å². The fourth-order valence-electron chi connectivity index (χ4n) is 0.282. The van der Waals surface area contributed by atoms with E-state index in [1.807, 2.05) is 0 Å². The Morgan fingerprint density at radius 2 is 0.762 bits per heavy atom. The molecule has 0 aromatic heterocycles. The maximum Gasteiger partial charge on any atom is 0.559 e. The van der Waals surface area contributed by atoms with Crippen molar-refractivity contribution in [2.45, 2.75) is 18.8 Å². The van der Waals surface area contributed by atoms with Gasteiger partial charge in [-0.15, -0.1) is 17.6 Å². The van der Waals surface area contributed by atoms with Crippen molar-refractivity contribution < 1.29 is 61.8 Å². The van der Waals surface area contributed by atoms with Crippen LogP contribution in [0.15, 0.2) is 0 Å². The molecule has 0 aromatic rings. The van der Waals surface area contributed by atoms with Crippen molar-refractivity contribution in [3.63, 3.8) is 0 Å². The Morgan fingerprint density at radius 1 is 0.619 bits per heavy atom. The third-order valence-corrected chi connectivity index (χ3v) is 0.531. The molecule has 0 saturated carbocycles.